The van der Waals surface area contributed by atoms with Gasteiger partial charge in [0.25, 0.3) is 0 Å². The molecule has 3 N–H and O–H groups in total. The number of carbonyl (C=O) groups excluding carboxylic acids is 1. The summed E-state index contributed by atoms with van der Waals surface area (Å²) in [6.07, 6.45) is 4.77. The summed E-state index contributed by atoms with van der Waals surface area (Å²) >= 11 is 0. The summed E-state index contributed by atoms with van der Waals surface area (Å²) in [5.74, 6) is 0.0585. The van der Waals surface area contributed by atoms with E-state index >= 15 is 0 Å². The monoisotopic (exact) mass is 258 g/mol. The van der Waals surface area contributed by atoms with Crippen LogP contribution in [0.4, 0.5) is 0 Å². The van der Waals surface area contributed by atoms with Gasteiger partial charge in [-0.25, -0.2) is 0 Å². The fourth-order valence-electron chi connectivity index (χ4n) is 2.23. The first kappa shape index (κ1) is 15.4. The number of aliphatic hydroxyl groups is 1. The van der Waals surface area contributed by atoms with E-state index in [1.165, 1.54) is 12.8 Å². The zero-order valence-corrected chi connectivity index (χ0v) is 11.4. The molecule has 18 heavy (non-hydrogen) atoms. The molecule has 1 saturated carbocycles. The van der Waals surface area contributed by atoms with Crippen LogP contribution in [0.5, 0.6) is 0 Å². The van der Waals surface area contributed by atoms with Gasteiger partial charge in [-0.05, 0) is 32.7 Å². The van der Waals surface area contributed by atoms with E-state index in [1.807, 2.05) is 6.92 Å². The van der Waals surface area contributed by atoms with Crippen LogP contribution in [-0.2, 0) is 9.53 Å². The Kier molecular flexibility index (Phi) is 7.23. The maximum absolute atomic E-state index is 11.8. The van der Waals surface area contributed by atoms with Crippen LogP contribution in [0.3, 0.4) is 0 Å². The summed E-state index contributed by atoms with van der Waals surface area (Å²) in [5, 5.41) is 15.6. The second-order valence-corrected chi connectivity index (χ2v) is 5.06. The topological polar surface area (TPSA) is 70.6 Å². The average molecular weight is 258 g/mol. The van der Waals surface area contributed by atoms with Crippen molar-refractivity contribution in [1.82, 2.24) is 10.6 Å². The normalized spacial score (nSPS) is 19.7. The molecule has 2 atom stereocenters. The van der Waals surface area contributed by atoms with Gasteiger partial charge < -0.3 is 20.5 Å². The van der Waals surface area contributed by atoms with Crippen LogP contribution < -0.4 is 10.6 Å². The molecule has 0 aliphatic heterocycles. The maximum Gasteiger partial charge on any atom is 0.237 e. The van der Waals surface area contributed by atoms with Gasteiger partial charge in [0.1, 0.15) is 0 Å². The molecule has 0 saturated heterocycles. The fraction of sp³-hybridized carbons (Fsp3) is 0.923. The van der Waals surface area contributed by atoms with Gasteiger partial charge >= 0.3 is 0 Å². The molecule has 0 aromatic heterocycles. The number of amides is 1. The molecule has 1 rings (SSSR count). The zero-order valence-electron chi connectivity index (χ0n) is 11.4. The van der Waals surface area contributed by atoms with E-state index < -0.39 is 6.10 Å². The number of nitrogens with one attached hydrogen (secondary N) is 2. The Morgan fingerprint density at radius 1 is 1.44 bits per heavy atom. The summed E-state index contributed by atoms with van der Waals surface area (Å²) in [6.45, 7) is 2.81. The number of hydrogen-bond acceptors (Lipinski definition) is 4. The highest BCUT2D eigenvalue weighted by Crippen LogP contribution is 2.17. The second kappa shape index (κ2) is 8.45. The molecular weight excluding hydrogens is 232 g/mol. The Morgan fingerprint density at radius 3 is 2.72 bits per heavy atom. The van der Waals surface area contributed by atoms with E-state index in [4.69, 9.17) is 4.74 Å². The number of aliphatic hydroxyl groups excluding tert-OH is 1. The maximum atomic E-state index is 11.8. The smallest absolute Gasteiger partial charge is 0.237 e. The Morgan fingerprint density at radius 2 is 2.11 bits per heavy atom. The van der Waals surface area contributed by atoms with Crippen LogP contribution in [-0.4, -0.2) is 49.5 Å². The van der Waals surface area contributed by atoms with Crippen molar-refractivity contribution < 1.29 is 14.6 Å². The lowest BCUT2D eigenvalue weighted by Gasteiger charge is -2.18. The lowest BCUT2D eigenvalue weighted by molar-refractivity contribution is -0.123. The fourth-order valence-corrected chi connectivity index (χ4v) is 2.23. The standard InChI is InChI=1S/C13H26N2O3/c1-10(14-8-7-12(16)9-18-2)13(17)15-11-5-3-4-6-11/h10-12,14,16H,3-9H2,1-2H3,(H,15,17). The third kappa shape index (κ3) is 5.80. The molecule has 0 aromatic carbocycles. The summed E-state index contributed by atoms with van der Waals surface area (Å²) in [4.78, 5) is 11.8. The molecule has 2 unspecified atom stereocenters. The van der Waals surface area contributed by atoms with Gasteiger partial charge in [-0.3, -0.25) is 4.79 Å². The van der Waals surface area contributed by atoms with Gasteiger partial charge in [0.15, 0.2) is 0 Å². The SMILES string of the molecule is COCC(O)CCNC(C)C(=O)NC1CCCC1. The Labute approximate surface area is 109 Å². The largest absolute Gasteiger partial charge is 0.391 e. The van der Waals surface area contributed by atoms with E-state index in [0.717, 1.165) is 12.8 Å². The van der Waals surface area contributed by atoms with Gasteiger partial charge in [-0.1, -0.05) is 12.8 Å². The van der Waals surface area contributed by atoms with Gasteiger partial charge in [0.05, 0.1) is 18.8 Å². The van der Waals surface area contributed by atoms with Crippen LogP contribution in [0.25, 0.3) is 0 Å². The molecule has 0 aromatic rings. The summed E-state index contributed by atoms with van der Waals surface area (Å²) in [7, 11) is 1.56. The summed E-state index contributed by atoms with van der Waals surface area (Å²) in [5.41, 5.74) is 0. The minimum absolute atomic E-state index is 0.0585. The molecule has 0 spiro atoms. The molecule has 106 valence electrons. The van der Waals surface area contributed by atoms with E-state index in [0.29, 0.717) is 25.6 Å². The highest BCUT2D eigenvalue weighted by Gasteiger charge is 2.20. The van der Waals surface area contributed by atoms with Crippen molar-refractivity contribution in [2.75, 3.05) is 20.3 Å². The molecule has 0 radical (unpaired) electrons. The van der Waals surface area contributed by atoms with Crippen molar-refractivity contribution in [2.45, 2.75) is 57.2 Å². The lowest BCUT2D eigenvalue weighted by Crippen LogP contribution is -2.46. The third-order valence-corrected chi connectivity index (χ3v) is 3.38. The molecule has 5 nitrogen and oxygen atoms in total. The minimum Gasteiger partial charge on any atom is -0.391 e. The first-order valence-electron chi connectivity index (χ1n) is 6.84. The van der Waals surface area contributed by atoms with Crippen molar-refractivity contribution in [2.24, 2.45) is 0 Å². The van der Waals surface area contributed by atoms with E-state index in [-0.39, 0.29) is 11.9 Å². The van der Waals surface area contributed by atoms with Gasteiger partial charge in [0.2, 0.25) is 5.91 Å². The van der Waals surface area contributed by atoms with Crippen molar-refractivity contribution in [3.05, 3.63) is 0 Å². The van der Waals surface area contributed by atoms with Gasteiger partial charge in [-0.15, -0.1) is 0 Å². The molecule has 0 heterocycles. The molecule has 1 fully saturated rings. The molecule has 1 amide bonds. The quantitative estimate of drug-likeness (QED) is 0.590. The number of methoxy groups -OCH3 is 1. The number of ether oxygens (including phenoxy) is 1. The van der Waals surface area contributed by atoms with E-state index in [2.05, 4.69) is 10.6 Å². The summed E-state index contributed by atoms with van der Waals surface area (Å²) in [6, 6.07) is 0.154. The first-order valence-corrected chi connectivity index (χ1v) is 6.84. The predicted octanol–water partition coefficient (Wildman–Crippen LogP) is 0.421. The Bertz CT molecular complexity index is 242. The average Bonchev–Trinajstić information content (AvgIpc) is 2.82. The highest BCUT2D eigenvalue weighted by atomic mass is 16.5. The van der Waals surface area contributed by atoms with Crippen LogP contribution in [0.1, 0.15) is 39.0 Å². The number of rotatable bonds is 8. The molecular formula is C13H26N2O3. The second-order valence-electron chi connectivity index (χ2n) is 5.06. The Hall–Kier alpha value is -0.650. The number of hydrogen-bond donors (Lipinski definition) is 3. The molecule has 1 aliphatic rings. The summed E-state index contributed by atoms with van der Waals surface area (Å²) < 4.78 is 4.84. The predicted molar refractivity (Wildman–Crippen MR) is 70.4 cm³/mol. The third-order valence-electron chi connectivity index (χ3n) is 3.38. The Balaban J connectivity index is 2.11. The van der Waals surface area contributed by atoms with Gasteiger partial charge in [0, 0.05) is 13.2 Å². The van der Waals surface area contributed by atoms with Crippen molar-refractivity contribution in [1.29, 1.82) is 0 Å². The van der Waals surface area contributed by atoms with Crippen LogP contribution in [0, 0.1) is 0 Å². The minimum atomic E-state index is -0.465. The molecule has 0 bridgehead atoms. The van der Waals surface area contributed by atoms with Crippen LogP contribution >= 0.6 is 0 Å². The first-order chi connectivity index (χ1) is 8.63. The van der Waals surface area contributed by atoms with Crippen LogP contribution in [0.15, 0.2) is 0 Å². The highest BCUT2D eigenvalue weighted by molar-refractivity contribution is 5.81. The van der Waals surface area contributed by atoms with Crippen LogP contribution in [0.2, 0.25) is 0 Å². The van der Waals surface area contributed by atoms with Crippen molar-refractivity contribution in [3.8, 4) is 0 Å². The molecule has 1 aliphatic carbocycles. The zero-order chi connectivity index (χ0) is 13.4. The lowest BCUT2D eigenvalue weighted by atomic mass is 10.2. The van der Waals surface area contributed by atoms with E-state index in [9.17, 15) is 9.90 Å². The molecule has 5 heteroatoms. The number of carbonyl (C=O) groups is 1. The van der Waals surface area contributed by atoms with Gasteiger partial charge in [-0.2, -0.15) is 0 Å². The van der Waals surface area contributed by atoms with Crippen molar-refractivity contribution in [3.63, 3.8) is 0 Å². The van der Waals surface area contributed by atoms with Crippen molar-refractivity contribution >= 4 is 5.91 Å². The van der Waals surface area contributed by atoms with E-state index in [1.54, 1.807) is 7.11 Å².